The van der Waals surface area contributed by atoms with Crippen LogP contribution in [0.3, 0.4) is 0 Å². The van der Waals surface area contributed by atoms with Gasteiger partial charge in [0.05, 0.1) is 20.1 Å². The Bertz CT molecular complexity index is 822. The molecule has 2 fully saturated rings. The third-order valence-electron chi connectivity index (χ3n) is 5.91. The van der Waals surface area contributed by atoms with Crippen molar-refractivity contribution in [3.05, 3.63) is 23.8 Å². The molecule has 0 spiro atoms. The van der Waals surface area contributed by atoms with Crippen molar-refractivity contribution in [2.24, 2.45) is 5.92 Å². The molecule has 0 unspecified atom stereocenters. The van der Waals surface area contributed by atoms with Gasteiger partial charge in [0.1, 0.15) is 0 Å². The molecule has 2 aliphatic heterocycles. The predicted octanol–water partition coefficient (Wildman–Crippen LogP) is 2.15. The number of carbonyl (C=O) groups excluding carboxylic acids is 1. The van der Waals surface area contributed by atoms with E-state index in [-0.39, 0.29) is 18.4 Å². The molecule has 0 saturated carbocycles. The molecule has 30 heavy (non-hydrogen) atoms. The number of methoxy groups -OCH3 is 2. The van der Waals surface area contributed by atoms with E-state index < -0.39 is 10.2 Å². The summed E-state index contributed by atoms with van der Waals surface area (Å²) in [4.78, 5) is 12.8. The number of carbonyl (C=O) groups is 1. The van der Waals surface area contributed by atoms with Gasteiger partial charge in [-0.2, -0.15) is 17.0 Å². The van der Waals surface area contributed by atoms with Crippen molar-refractivity contribution in [3.63, 3.8) is 0 Å². The molecule has 9 heteroatoms. The van der Waals surface area contributed by atoms with E-state index in [1.54, 1.807) is 24.6 Å². The van der Waals surface area contributed by atoms with Gasteiger partial charge in [-0.3, -0.25) is 4.79 Å². The standard InChI is InChI=1S/C21H33N3O5S/c1-28-19-11-7-9-17(20(19)29-2)15-22-21(25)18-10-8-14-24(16-18)30(26,27)23-12-5-3-4-6-13-23/h7,9,11,18H,3-6,8,10,12-16H2,1-2H3,(H,22,25)/t18-/m1/s1. The summed E-state index contributed by atoms with van der Waals surface area (Å²) in [6.07, 6.45) is 5.33. The summed E-state index contributed by atoms with van der Waals surface area (Å²) in [5.41, 5.74) is 0.815. The van der Waals surface area contributed by atoms with Crippen LogP contribution in [0, 0.1) is 5.92 Å². The van der Waals surface area contributed by atoms with Crippen molar-refractivity contribution in [2.75, 3.05) is 40.4 Å². The van der Waals surface area contributed by atoms with Crippen LogP contribution in [-0.4, -0.2) is 63.3 Å². The lowest BCUT2D eigenvalue weighted by molar-refractivity contribution is -0.126. The van der Waals surface area contributed by atoms with E-state index in [4.69, 9.17) is 9.47 Å². The average molecular weight is 440 g/mol. The predicted molar refractivity (Wildman–Crippen MR) is 115 cm³/mol. The van der Waals surface area contributed by atoms with Gasteiger partial charge in [-0.15, -0.1) is 0 Å². The first-order valence-electron chi connectivity index (χ1n) is 10.7. The molecule has 1 N–H and O–H groups in total. The highest BCUT2D eigenvalue weighted by atomic mass is 32.2. The summed E-state index contributed by atoms with van der Waals surface area (Å²) in [6, 6.07) is 5.52. The summed E-state index contributed by atoms with van der Waals surface area (Å²) < 4.78 is 40.0. The molecule has 0 aliphatic carbocycles. The molecule has 1 amide bonds. The van der Waals surface area contributed by atoms with Gasteiger partial charge in [0, 0.05) is 38.3 Å². The average Bonchev–Trinajstić information content (AvgIpc) is 3.07. The van der Waals surface area contributed by atoms with E-state index >= 15 is 0 Å². The normalized spacial score (nSPS) is 21.6. The molecule has 1 aromatic carbocycles. The molecule has 0 bridgehead atoms. The van der Waals surface area contributed by atoms with Gasteiger partial charge in [-0.25, -0.2) is 0 Å². The fraction of sp³-hybridized carbons (Fsp3) is 0.667. The van der Waals surface area contributed by atoms with Gasteiger partial charge in [0.15, 0.2) is 11.5 Å². The number of rotatable bonds is 7. The van der Waals surface area contributed by atoms with E-state index in [1.165, 1.54) is 4.31 Å². The van der Waals surface area contributed by atoms with Crippen LogP contribution >= 0.6 is 0 Å². The molecule has 3 rings (SSSR count). The van der Waals surface area contributed by atoms with Crippen LogP contribution in [0.15, 0.2) is 18.2 Å². The van der Waals surface area contributed by atoms with E-state index in [2.05, 4.69) is 5.32 Å². The minimum atomic E-state index is -3.51. The highest BCUT2D eigenvalue weighted by molar-refractivity contribution is 7.86. The smallest absolute Gasteiger partial charge is 0.281 e. The Kier molecular flexibility index (Phi) is 7.96. The SMILES string of the molecule is COc1cccc(CNC(=O)[C@@H]2CCCN(S(=O)(=O)N3CCCCCC3)C2)c1OC. The number of piperidine rings is 1. The Hall–Kier alpha value is -1.84. The third-order valence-corrected chi connectivity index (χ3v) is 7.91. The van der Waals surface area contributed by atoms with E-state index in [1.807, 2.05) is 12.1 Å². The number of benzene rings is 1. The second kappa shape index (κ2) is 10.5. The lowest BCUT2D eigenvalue weighted by Gasteiger charge is -2.34. The number of nitrogens with one attached hydrogen (secondary N) is 1. The fourth-order valence-electron chi connectivity index (χ4n) is 4.22. The van der Waals surface area contributed by atoms with Crippen molar-refractivity contribution in [1.29, 1.82) is 0 Å². The minimum Gasteiger partial charge on any atom is -0.493 e. The Morgan fingerprint density at radius 2 is 1.73 bits per heavy atom. The molecule has 1 aromatic rings. The summed E-state index contributed by atoms with van der Waals surface area (Å²) in [7, 11) is -0.375. The zero-order valence-electron chi connectivity index (χ0n) is 17.9. The fourth-order valence-corrected chi connectivity index (χ4v) is 6.00. The topological polar surface area (TPSA) is 88.2 Å². The van der Waals surface area contributed by atoms with Crippen molar-refractivity contribution >= 4 is 16.1 Å². The van der Waals surface area contributed by atoms with Gasteiger partial charge < -0.3 is 14.8 Å². The summed E-state index contributed by atoms with van der Waals surface area (Å²) in [6.45, 7) is 2.16. The van der Waals surface area contributed by atoms with E-state index in [9.17, 15) is 13.2 Å². The van der Waals surface area contributed by atoms with E-state index in [0.29, 0.717) is 50.5 Å². The molecule has 2 heterocycles. The molecule has 168 valence electrons. The van der Waals surface area contributed by atoms with Crippen LogP contribution in [0.1, 0.15) is 44.1 Å². The van der Waals surface area contributed by atoms with Crippen LogP contribution in [0.2, 0.25) is 0 Å². The molecule has 0 radical (unpaired) electrons. The van der Waals surface area contributed by atoms with Gasteiger partial charge in [-0.1, -0.05) is 25.0 Å². The maximum Gasteiger partial charge on any atom is 0.281 e. The number of para-hydroxylation sites is 1. The molecular weight excluding hydrogens is 406 g/mol. The monoisotopic (exact) mass is 439 g/mol. The Morgan fingerprint density at radius 3 is 2.40 bits per heavy atom. The number of ether oxygens (including phenoxy) is 2. The molecule has 2 aliphatic rings. The number of amides is 1. The Balaban J connectivity index is 1.62. The summed E-state index contributed by atoms with van der Waals surface area (Å²) in [5.74, 6) is 0.721. The first-order chi connectivity index (χ1) is 14.5. The molecular formula is C21H33N3O5S. The van der Waals surface area contributed by atoms with Crippen LogP contribution in [0.5, 0.6) is 11.5 Å². The Labute approximate surface area is 179 Å². The summed E-state index contributed by atoms with van der Waals surface area (Å²) >= 11 is 0. The number of nitrogens with zero attached hydrogens (tertiary/aromatic N) is 2. The zero-order chi connectivity index (χ0) is 21.6. The van der Waals surface area contributed by atoms with Crippen molar-refractivity contribution in [2.45, 2.75) is 45.1 Å². The van der Waals surface area contributed by atoms with Crippen molar-refractivity contribution in [3.8, 4) is 11.5 Å². The first kappa shape index (κ1) is 22.8. The highest BCUT2D eigenvalue weighted by Crippen LogP contribution is 2.30. The lowest BCUT2D eigenvalue weighted by Crippen LogP contribution is -2.50. The van der Waals surface area contributed by atoms with Gasteiger partial charge in [0.2, 0.25) is 5.91 Å². The van der Waals surface area contributed by atoms with Crippen molar-refractivity contribution < 1.29 is 22.7 Å². The quantitative estimate of drug-likeness (QED) is 0.703. The number of hydrogen-bond donors (Lipinski definition) is 1. The second-order valence-electron chi connectivity index (χ2n) is 7.89. The first-order valence-corrected chi connectivity index (χ1v) is 12.1. The molecule has 0 aromatic heterocycles. The number of hydrogen-bond acceptors (Lipinski definition) is 5. The minimum absolute atomic E-state index is 0.129. The van der Waals surface area contributed by atoms with Crippen LogP contribution in [-0.2, 0) is 21.5 Å². The molecule has 1 atom stereocenters. The molecule has 8 nitrogen and oxygen atoms in total. The zero-order valence-corrected chi connectivity index (χ0v) is 18.7. The molecule has 2 saturated heterocycles. The van der Waals surface area contributed by atoms with Crippen molar-refractivity contribution in [1.82, 2.24) is 13.9 Å². The van der Waals surface area contributed by atoms with E-state index in [0.717, 1.165) is 31.2 Å². The second-order valence-corrected chi connectivity index (χ2v) is 9.82. The summed E-state index contributed by atoms with van der Waals surface area (Å²) in [5, 5.41) is 2.95. The maximum absolute atomic E-state index is 13.1. The van der Waals surface area contributed by atoms with Gasteiger partial charge in [0.25, 0.3) is 10.2 Å². The van der Waals surface area contributed by atoms with Crippen LogP contribution < -0.4 is 14.8 Å². The lowest BCUT2D eigenvalue weighted by atomic mass is 9.98. The largest absolute Gasteiger partial charge is 0.493 e. The highest BCUT2D eigenvalue weighted by Gasteiger charge is 2.36. The van der Waals surface area contributed by atoms with Crippen LogP contribution in [0.4, 0.5) is 0 Å². The maximum atomic E-state index is 13.1. The third kappa shape index (κ3) is 5.25. The van der Waals surface area contributed by atoms with Crippen LogP contribution in [0.25, 0.3) is 0 Å². The Morgan fingerprint density at radius 1 is 1.03 bits per heavy atom. The van der Waals surface area contributed by atoms with Gasteiger partial charge in [-0.05, 0) is 31.7 Å². The van der Waals surface area contributed by atoms with Gasteiger partial charge >= 0.3 is 0 Å².